The van der Waals surface area contributed by atoms with Crippen LogP contribution in [0.3, 0.4) is 0 Å². The van der Waals surface area contributed by atoms with Crippen LogP contribution in [0.5, 0.6) is 0 Å². The maximum atomic E-state index is 13.2. The highest BCUT2D eigenvalue weighted by molar-refractivity contribution is 7.86. The molecule has 266 valence electrons. The van der Waals surface area contributed by atoms with Crippen molar-refractivity contribution in [3.05, 3.63) is 108 Å². The predicted molar refractivity (Wildman–Crippen MR) is 194 cm³/mol. The smallest absolute Gasteiger partial charge is 0.297 e. The van der Waals surface area contributed by atoms with Crippen LogP contribution in [-0.4, -0.2) is 56.4 Å². The number of nitrogens with one attached hydrogen (secondary N) is 1. The predicted octanol–water partition coefficient (Wildman–Crippen LogP) is 7.77. The fraction of sp³-hybridized carbons (Fsp3) is 0.324. The first-order valence-corrected chi connectivity index (χ1v) is 14.8. The van der Waals surface area contributed by atoms with Crippen LogP contribution in [0.4, 0.5) is 10.4 Å². The Bertz CT molecular complexity index is 1680. The van der Waals surface area contributed by atoms with Gasteiger partial charge in [-0.05, 0) is 36.4 Å². The van der Waals surface area contributed by atoms with Crippen molar-refractivity contribution in [2.75, 3.05) is 19.5 Å². The molecule has 1 amide bonds. The van der Waals surface area contributed by atoms with E-state index in [1.165, 1.54) is 26.2 Å². The number of fused-ring (bicyclic) bond motifs is 1. The lowest BCUT2D eigenvalue weighted by Crippen LogP contribution is -2.52. The molecule has 0 heterocycles. The summed E-state index contributed by atoms with van der Waals surface area (Å²) in [7, 11) is -1.87. The fourth-order valence-electron chi connectivity index (χ4n) is 4.62. The molecule has 9 nitrogen and oxygen atoms in total. The van der Waals surface area contributed by atoms with E-state index in [9.17, 15) is 27.4 Å². The van der Waals surface area contributed by atoms with Crippen molar-refractivity contribution in [1.82, 2.24) is 0 Å². The average molecular weight is 690 g/mol. The van der Waals surface area contributed by atoms with Gasteiger partial charge in [0, 0.05) is 32.4 Å². The molecule has 0 radical (unpaired) electrons. The van der Waals surface area contributed by atoms with Crippen molar-refractivity contribution in [1.29, 1.82) is 0 Å². The molecule has 0 fully saturated rings. The Morgan fingerprint density at radius 2 is 1.27 bits per heavy atom. The molecule has 4 aromatic carbocycles. The summed E-state index contributed by atoms with van der Waals surface area (Å²) < 4.78 is 44.4. The number of carbonyl (C=O) groups excluding carboxylic acids is 3. The minimum absolute atomic E-state index is 0. The second-order valence-electron chi connectivity index (χ2n) is 9.87. The van der Waals surface area contributed by atoms with E-state index in [1.807, 2.05) is 30.3 Å². The van der Waals surface area contributed by atoms with E-state index in [-0.39, 0.29) is 63.8 Å². The minimum Gasteiger partial charge on any atom is -0.373 e. The number of carbonyl (C=O) groups is 3. The number of ketones is 2. The van der Waals surface area contributed by atoms with Gasteiger partial charge in [-0.1, -0.05) is 121 Å². The van der Waals surface area contributed by atoms with E-state index in [4.69, 9.17) is 9.47 Å². The van der Waals surface area contributed by atoms with Gasteiger partial charge in [-0.15, -0.1) is 0 Å². The van der Waals surface area contributed by atoms with Crippen LogP contribution < -0.4 is 5.32 Å². The Kier molecular flexibility index (Phi) is 21.6. The molecule has 2 N–H and O–H groups in total. The van der Waals surface area contributed by atoms with Crippen molar-refractivity contribution >= 4 is 44.1 Å². The van der Waals surface area contributed by atoms with Crippen LogP contribution in [0.2, 0.25) is 0 Å². The lowest BCUT2D eigenvalue weighted by molar-refractivity contribution is -0.151. The van der Waals surface area contributed by atoms with Gasteiger partial charge >= 0.3 is 0 Å². The normalized spacial score (nSPS) is 11.9. The fourth-order valence-corrected chi connectivity index (χ4v) is 5.48. The summed E-state index contributed by atoms with van der Waals surface area (Å²) in [5.41, 5.74) is -0.191. The van der Waals surface area contributed by atoms with Gasteiger partial charge < -0.3 is 14.8 Å². The molecular weight excluding hydrogens is 637 g/mol. The van der Waals surface area contributed by atoms with Crippen molar-refractivity contribution < 1.29 is 41.5 Å². The van der Waals surface area contributed by atoms with Crippen molar-refractivity contribution in [2.45, 2.75) is 73.0 Å². The Balaban J connectivity index is -0.000000967. The summed E-state index contributed by atoms with van der Waals surface area (Å²) in [5.74, 6) is -1.30. The van der Waals surface area contributed by atoms with Gasteiger partial charge in [0.15, 0.2) is 11.6 Å². The zero-order chi connectivity index (χ0) is 31.6. The molecule has 0 aliphatic heterocycles. The highest BCUT2D eigenvalue weighted by Crippen LogP contribution is 2.32. The number of ether oxygens (including phenoxy) is 2. The third-order valence-electron chi connectivity index (χ3n) is 6.97. The van der Waals surface area contributed by atoms with Crippen LogP contribution in [0.25, 0.3) is 10.8 Å². The summed E-state index contributed by atoms with van der Waals surface area (Å²) in [6, 6.07) is 28.2. The van der Waals surface area contributed by atoms with E-state index in [2.05, 4.69) is 5.32 Å². The molecule has 0 saturated carbocycles. The average Bonchev–Trinajstić information content (AvgIpc) is 2.99. The first kappa shape index (κ1) is 48.1. The van der Waals surface area contributed by atoms with Crippen LogP contribution in [0.1, 0.15) is 54.7 Å². The van der Waals surface area contributed by atoms with Crippen molar-refractivity contribution in [3.63, 3.8) is 0 Å². The van der Waals surface area contributed by atoms with Gasteiger partial charge in [0.05, 0.1) is 5.69 Å². The van der Waals surface area contributed by atoms with Gasteiger partial charge in [-0.2, -0.15) is 8.42 Å². The van der Waals surface area contributed by atoms with Crippen molar-refractivity contribution in [3.8, 4) is 0 Å². The number of hydrogen-bond donors (Lipinski definition) is 2. The maximum absolute atomic E-state index is 13.2. The molecule has 0 bridgehead atoms. The molecule has 0 spiro atoms. The Hall–Kier alpha value is -4.29. The maximum Gasteiger partial charge on any atom is 0.297 e. The van der Waals surface area contributed by atoms with Crippen LogP contribution in [0, 0.1) is 0 Å². The Labute approximate surface area is 285 Å². The molecule has 0 aromatic heterocycles. The minimum atomic E-state index is -4.68. The molecule has 0 aliphatic rings. The number of Topliss-reactive ketones (excluding diaryl/α,β-unsaturated/α-hetero) is 2. The first-order chi connectivity index (χ1) is 20.4. The molecule has 48 heavy (non-hydrogen) atoms. The largest absolute Gasteiger partial charge is 0.373 e. The summed E-state index contributed by atoms with van der Waals surface area (Å²) in [6.45, 7) is 2.78. The standard InChI is InChI=1S/C22H21NO6S.C11H14O2.4CH4.FH/c1-15(24)22(29-2,14-16-8-4-3-5-9-16)21(25)23-19-13-12-17-10-6-7-11-18(17)20(19)30(26,27)28;1-9(12)11(13-2)8-10-6-4-3-5-7-10;;;;;/h3-13H,14H2,1-2H3,(H,23,25)(H,26,27,28);3-7,11H,8H2,1-2H3;4*1H4;1H. The highest BCUT2D eigenvalue weighted by Gasteiger charge is 2.44. The van der Waals surface area contributed by atoms with E-state index in [0.29, 0.717) is 17.4 Å². The van der Waals surface area contributed by atoms with Gasteiger partial charge in [0.25, 0.3) is 16.0 Å². The second-order valence-corrected chi connectivity index (χ2v) is 11.2. The third kappa shape index (κ3) is 12.1. The van der Waals surface area contributed by atoms with Gasteiger partial charge in [0.2, 0.25) is 5.60 Å². The van der Waals surface area contributed by atoms with E-state index in [1.54, 1.807) is 68.6 Å². The number of methoxy groups -OCH3 is 2. The van der Waals surface area contributed by atoms with Crippen LogP contribution in [-0.2, 0) is 46.8 Å². The molecule has 4 aromatic rings. The van der Waals surface area contributed by atoms with E-state index >= 15 is 0 Å². The number of rotatable bonds is 11. The van der Waals surface area contributed by atoms with Crippen molar-refractivity contribution in [2.24, 2.45) is 0 Å². The summed E-state index contributed by atoms with van der Waals surface area (Å²) in [5, 5.41) is 3.29. The summed E-state index contributed by atoms with van der Waals surface area (Å²) in [6.07, 6.45) is 0.315. The molecule has 0 saturated heterocycles. The zero-order valence-corrected chi connectivity index (χ0v) is 25.7. The SMILES string of the molecule is C.C.C.C.COC(Cc1ccccc1)(C(C)=O)C(=O)Nc1ccc2ccccc2c1S(=O)(=O)O.COC(Cc1ccccc1)C(C)=O.F. The van der Waals surface area contributed by atoms with E-state index in [0.717, 1.165) is 5.56 Å². The number of benzene rings is 4. The quantitative estimate of drug-likeness (QED) is 0.120. The first-order valence-electron chi connectivity index (χ1n) is 13.4. The summed E-state index contributed by atoms with van der Waals surface area (Å²) in [4.78, 5) is 36.3. The van der Waals surface area contributed by atoms with E-state index < -0.39 is 32.3 Å². The molecule has 11 heteroatoms. The number of hydrogen-bond acceptors (Lipinski definition) is 7. The molecule has 2 atom stereocenters. The highest BCUT2D eigenvalue weighted by atomic mass is 32.2. The number of anilines is 1. The molecule has 4 rings (SSSR count). The van der Waals surface area contributed by atoms with Crippen LogP contribution in [0.15, 0.2) is 102 Å². The van der Waals surface area contributed by atoms with Gasteiger partial charge in [-0.25, -0.2) is 0 Å². The van der Waals surface area contributed by atoms with Gasteiger partial charge in [-0.3, -0.25) is 23.6 Å². The lowest BCUT2D eigenvalue weighted by Gasteiger charge is -2.29. The summed E-state index contributed by atoms with van der Waals surface area (Å²) >= 11 is 0. The van der Waals surface area contributed by atoms with Crippen LogP contribution >= 0.6 is 0 Å². The lowest BCUT2D eigenvalue weighted by atomic mass is 9.89. The molecule has 2 unspecified atom stereocenters. The Morgan fingerprint density at radius 1 is 0.771 bits per heavy atom. The zero-order valence-electron chi connectivity index (χ0n) is 24.9. The molecule has 0 aliphatic carbocycles. The Morgan fingerprint density at radius 3 is 1.73 bits per heavy atom. The molecular formula is C37H52FNO8S. The van der Waals surface area contributed by atoms with Gasteiger partial charge in [0.1, 0.15) is 11.0 Å². The number of amides is 1. The third-order valence-corrected chi connectivity index (χ3v) is 7.92. The second kappa shape index (κ2) is 21.6. The number of halogens is 1. The topological polar surface area (TPSA) is 136 Å². The monoisotopic (exact) mass is 689 g/mol.